The summed E-state index contributed by atoms with van der Waals surface area (Å²) in [6.45, 7) is 3.68. The van der Waals surface area contributed by atoms with Gasteiger partial charge in [-0.25, -0.2) is 0 Å². The fourth-order valence-corrected chi connectivity index (χ4v) is 2.09. The van der Waals surface area contributed by atoms with Crippen LogP contribution in [0.15, 0.2) is 12.1 Å². The maximum Gasteiger partial charge on any atom is 0.302 e. The smallest absolute Gasteiger partial charge is 0.302 e. The quantitative estimate of drug-likeness (QED) is 0.736. The molecule has 0 fully saturated rings. The van der Waals surface area contributed by atoms with Gasteiger partial charge in [-0.15, -0.1) is 0 Å². The third-order valence-corrected chi connectivity index (χ3v) is 3.13. The molecular weight excluding hydrogens is 286 g/mol. The van der Waals surface area contributed by atoms with Crippen molar-refractivity contribution in [1.29, 1.82) is 0 Å². The zero-order chi connectivity index (χ0) is 16.5. The van der Waals surface area contributed by atoms with Crippen molar-refractivity contribution in [3.8, 4) is 11.5 Å². The Balaban J connectivity index is 2.86. The van der Waals surface area contributed by atoms with E-state index in [-0.39, 0.29) is 11.9 Å². The molecule has 0 spiro atoms. The highest BCUT2D eigenvalue weighted by Crippen LogP contribution is 2.29. The summed E-state index contributed by atoms with van der Waals surface area (Å²) in [6, 6.07) is 3.77. The summed E-state index contributed by atoms with van der Waals surface area (Å²) in [5.74, 6) is 1.07. The second kappa shape index (κ2) is 8.92. The van der Waals surface area contributed by atoms with Gasteiger partial charge in [0.2, 0.25) is 5.91 Å². The lowest BCUT2D eigenvalue weighted by molar-refractivity contribution is -0.140. The summed E-state index contributed by atoms with van der Waals surface area (Å²) in [6.07, 6.45) is 1.19. The number of ether oxygens (including phenoxy) is 3. The highest BCUT2D eigenvalue weighted by molar-refractivity contribution is 5.72. The van der Waals surface area contributed by atoms with E-state index in [1.807, 2.05) is 12.1 Å². The molecule has 0 saturated heterocycles. The molecule has 6 nitrogen and oxygen atoms in total. The van der Waals surface area contributed by atoms with Gasteiger partial charge in [-0.2, -0.15) is 0 Å². The number of amides is 1. The van der Waals surface area contributed by atoms with Crippen LogP contribution in [0.2, 0.25) is 0 Å². The van der Waals surface area contributed by atoms with Gasteiger partial charge in [-0.1, -0.05) is 0 Å². The Bertz CT molecular complexity index is 480. The van der Waals surface area contributed by atoms with Crippen molar-refractivity contribution in [2.24, 2.45) is 0 Å². The van der Waals surface area contributed by atoms with Gasteiger partial charge in [0.15, 0.2) is 0 Å². The van der Waals surface area contributed by atoms with Crippen molar-refractivity contribution in [3.05, 3.63) is 23.3 Å². The van der Waals surface area contributed by atoms with Gasteiger partial charge in [0.25, 0.3) is 0 Å². The molecule has 0 radical (unpaired) electrons. The molecule has 0 aliphatic rings. The van der Waals surface area contributed by atoms with Crippen LogP contribution in [-0.4, -0.2) is 39.2 Å². The lowest BCUT2D eigenvalue weighted by atomic mass is 10.0. The molecule has 6 heteroatoms. The predicted octanol–water partition coefficient (Wildman–Crippen LogP) is 1.49. The summed E-state index contributed by atoms with van der Waals surface area (Å²) >= 11 is 0. The van der Waals surface area contributed by atoms with E-state index in [9.17, 15) is 9.59 Å². The number of benzene rings is 1. The average molecular weight is 309 g/mol. The number of carbonyl (C=O) groups is 2. The molecular formula is C16H23NO5. The summed E-state index contributed by atoms with van der Waals surface area (Å²) in [5, 5.41) is 2.75. The Morgan fingerprint density at radius 2 is 1.55 bits per heavy atom. The zero-order valence-electron chi connectivity index (χ0n) is 13.5. The molecule has 0 atom stereocenters. The van der Waals surface area contributed by atoms with Gasteiger partial charge in [0.1, 0.15) is 11.5 Å². The summed E-state index contributed by atoms with van der Waals surface area (Å²) in [5.41, 5.74) is 1.85. The van der Waals surface area contributed by atoms with Crippen LogP contribution in [0.4, 0.5) is 0 Å². The summed E-state index contributed by atoms with van der Waals surface area (Å²) < 4.78 is 15.7. The monoisotopic (exact) mass is 309 g/mol. The first kappa shape index (κ1) is 17.8. The fourth-order valence-electron chi connectivity index (χ4n) is 2.09. The molecule has 0 unspecified atom stereocenters. The zero-order valence-corrected chi connectivity index (χ0v) is 13.5. The van der Waals surface area contributed by atoms with Gasteiger partial charge < -0.3 is 19.5 Å². The Morgan fingerprint density at radius 3 is 2.00 bits per heavy atom. The van der Waals surface area contributed by atoms with Crippen LogP contribution in [0, 0.1) is 0 Å². The lowest BCUT2D eigenvalue weighted by Gasteiger charge is -2.15. The van der Waals surface area contributed by atoms with Gasteiger partial charge in [0, 0.05) is 32.4 Å². The molecule has 0 aromatic heterocycles. The fraction of sp³-hybridized carbons (Fsp3) is 0.500. The molecule has 1 amide bonds. The summed E-state index contributed by atoms with van der Waals surface area (Å²) in [7, 11) is 3.19. The Labute approximate surface area is 130 Å². The van der Waals surface area contributed by atoms with Crippen molar-refractivity contribution in [2.45, 2.75) is 26.7 Å². The third kappa shape index (κ3) is 5.63. The Kier molecular flexibility index (Phi) is 7.22. The van der Waals surface area contributed by atoms with Crippen LogP contribution in [0.5, 0.6) is 11.5 Å². The number of rotatable bonds is 8. The SMILES string of the molecule is COc1cc(CCOC(C)=O)c(OC)cc1CCNC(C)=O. The highest BCUT2D eigenvalue weighted by atomic mass is 16.5. The van der Waals surface area contributed by atoms with E-state index in [0.29, 0.717) is 31.7 Å². The first-order chi connectivity index (χ1) is 10.5. The predicted molar refractivity (Wildman–Crippen MR) is 82.3 cm³/mol. The van der Waals surface area contributed by atoms with Crippen LogP contribution >= 0.6 is 0 Å². The largest absolute Gasteiger partial charge is 0.496 e. The van der Waals surface area contributed by atoms with Crippen molar-refractivity contribution < 1.29 is 23.8 Å². The molecule has 1 aromatic carbocycles. The van der Waals surface area contributed by atoms with Gasteiger partial charge >= 0.3 is 5.97 Å². The summed E-state index contributed by atoms with van der Waals surface area (Å²) in [4.78, 5) is 21.8. The second-order valence-electron chi connectivity index (χ2n) is 4.80. The molecule has 1 aromatic rings. The minimum atomic E-state index is -0.308. The molecule has 1 N–H and O–H groups in total. The molecule has 22 heavy (non-hydrogen) atoms. The Hall–Kier alpha value is -2.24. The van der Waals surface area contributed by atoms with Crippen molar-refractivity contribution in [3.63, 3.8) is 0 Å². The number of methoxy groups -OCH3 is 2. The topological polar surface area (TPSA) is 73.9 Å². The molecule has 1 rings (SSSR count). The minimum Gasteiger partial charge on any atom is -0.496 e. The first-order valence-electron chi connectivity index (χ1n) is 7.09. The van der Waals surface area contributed by atoms with E-state index >= 15 is 0 Å². The van der Waals surface area contributed by atoms with Crippen molar-refractivity contribution in [1.82, 2.24) is 5.32 Å². The molecule has 0 aliphatic carbocycles. The minimum absolute atomic E-state index is 0.0658. The average Bonchev–Trinajstić information content (AvgIpc) is 2.47. The molecule has 0 heterocycles. The third-order valence-electron chi connectivity index (χ3n) is 3.13. The van der Waals surface area contributed by atoms with E-state index in [0.717, 1.165) is 16.9 Å². The van der Waals surface area contributed by atoms with Crippen LogP contribution in [0.1, 0.15) is 25.0 Å². The highest BCUT2D eigenvalue weighted by Gasteiger charge is 2.12. The standard InChI is InChI=1S/C16H23NO5/c1-11(18)17-7-5-13-9-16(21-4)14(10-15(13)20-3)6-8-22-12(2)19/h9-10H,5-8H2,1-4H3,(H,17,18). The van der Waals surface area contributed by atoms with E-state index in [1.165, 1.54) is 13.8 Å². The maximum absolute atomic E-state index is 10.9. The number of hydrogen-bond acceptors (Lipinski definition) is 5. The van der Waals surface area contributed by atoms with E-state index in [4.69, 9.17) is 14.2 Å². The first-order valence-corrected chi connectivity index (χ1v) is 7.09. The van der Waals surface area contributed by atoms with Gasteiger partial charge in [-0.3, -0.25) is 9.59 Å². The van der Waals surface area contributed by atoms with Crippen LogP contribution in [-0.2, 0) is 27.2 Å². The molecule has 122 valence electrons. The van der Waals surface area contributed by atoms with Crippen LogP contribution in [0.3, 0.4) is 0 Å². The van der Waals surface area contributed by atoms with Crippen molar-refractivity contribution in [2.75, 3.05) is 27.4 Å². The van der Waals surface area contributed by atoms with Crippen LogP contribution < -0.4 is 14.8 Å². The second-order valence-corrected chi connectivity index (χ2v) is 4.80. The molecule has 0 saturated carbocycles. The number of nitrogens with one attached hydrogen (secondary N) is 1. The maximum atomic E-state index is 10.9. The molecule has 0 aliphatic heterocycles. The lowest BCUT2D eigenvalue weighted by Crippen LogP contribution is -2.22. The number of esters is 1. The number of carbonyl (C=O) groups excluding carboxylic acids is 2. The Morgan fingerprint density at radius 1 is 1.00 bits per heavy atom. The van der Waals surface area contributed by atoms with Gasteiger partial charge in [-0.05, 0) is 24.1 Å². The van der Waals surface area contributed by atoms with Crippen LogP contribution in [0.25, 0.3) is 0 Å². The van der Waals surface area contributed by atoms with Crippen molar-refractivity contribution >= 4 is 11.9 Å². The van der Waals surface area contributed by atoms with E-state index < -0.39 is 0 Å². The van der Waals surface area contributed by atoms with E-state index in [1.54, 1.807) is 14.2 Å². The molecule has 0 bridgehead atoms. The van der Waals surface area contributed by atoms with E-state index in [2.05, 4.69) is 5.32 Å². The number of hydrogen-bond donors (Lipinski definition) is 1. The normalized spacial score (nSPS) is 10.0. The van der Waals surface area contributed by atoms with Gasteiger partial charge in [0.05, 0.1) is 20.8 Å².